The molecule has 3 nitrogen and oxygen atoms in total. The molecule has 0 fully saturated rings. The molecular formula is C12H12F2O3. The first kappa shape index (κ1) is 13.2. The van der Waals surface area contributed by atoms with Crippen molar-refractivity contribution in [2.24, 2.45) is 0 Å². The highest BCUT2D eigenvalue weighted by molar-refractivity contribution is 5.87. The van der Waals surface area contributed by atoms with E-state index in [4.69, 9.17) is 9.84 Å². The van der Waals surface area contributed by atoms with E-state index in [0.29, 0.717) is 6.42 Å². The minimum atomic E-state index is -1.39. The lowest BCUT2D eigenvalue weighted by atomic mass is 10.2. The highest BCUT2D eigenvalue weighted by atomic mass is 19.1. The summed E-state index contributed by atoms with van der Waals surface area (Å²) in [5.41, 5.74) is 0.375. The minimum Gasteiger partial charge on any atom is -0.487 e. The van der Waals surface area contributed by atoms with Crippen molar-refractivity contribution in [2.75, 3.05) is 6.61 Å². The van der Waals surface area contributed by atoms with E-state index in [1.807, 2.05) is 0 Å². The molecule has 0 aromatic heterocycles. The molecule has 5 heteroatoms. The van der Waals surface area contributed by atoms with Crippen LogP contribution in [0.15, 0.2) is 24.3 Å². The third-order valence-corrected chi connectivity index (χ3v) is 2.02. The molecule has 0 bridgehead atoms. The SMILES string of the molecule is C=C(C)CCOc1c(F)cc(C(=O)O)cc1F. The molecule has 0 spiro atoms. The zero-order chi connectivity index (χ0) is 13.0. The van der Waals surface area contributed by atoms with Crippen molar-refractivity contribution in [1.82, 2.24) is 0 Å². The number of carbonyl (C=O) groups is 1. The lowest BCUT2D eigenvalue weighted by molar-refractivity contribution is 0.0695. The number of carboxylic acids is 1. The fourth-order valence-electron chi connectivity index (χ4n) is 1.15. The number of hydrogen-bond acceptors (Lipinski definition) is 2. The first-order valence-corrected chi connectivity index (χ1v) is 4.91. The second kappa shape index (κ2) is 5.43. The Labute approximate surface area is 97.3 Å². The highest BCUT2D eigenvalue weighted by Crippen LogP contribution is 2.23. The molecule has 0 atom stereocenters. The molecule has 1 aromatic rings. The number of benzene rings is 1. The van der Waals surface area contributed by atoms with Gasteiger partial charge in [0, 0.05) is 6.42 Å². The number of aromatic carboxylic acids is 1. The van der Waals surface area contributed by atoms with Crippen molar-refractivity contribution in [1.29, 1.82) is 0 Å². The summed E-state index contributed by atoms with van der Waals surface area (Å²) < 4.78 is 31.6. The smallest absolute Gasteiger partial charge is 0.335 e. The van der Waals surface area contributed by atoms with Crippen LogP contribution in [0.2, 0.25) is 0 Å². The molecule has 1 aromatic carbocycles. The summed E-state index contributed by atoms with van der Waals surface area (Å²) in [6, 6.07) is 1.45. The molecule has 0 aliphatic heterocycles. The van der Waals surface area contributed by atoms with Gasteiger partial charge in [-0.05, 0) is 19.1 Å². The Hall–Kier alpha value is -1.91. The summed E-state index contributed by atoms with van der Waals surface area (Å²) in [6.07, 6.45) is 0.472. The van der Waals surface area contributed by atoms with Gasteiger partial charge in [0.1, 0.15) is 0 Å². The lowest BCUT2D eigenvalue weighted by Gasteiger charge is -2.08. The molecule has 0 heterocycles. The van der Waals surface area contributed by atoms with E-state index in [-0.39, 0.29) is 6.61 Å². The second-order valence-electron chi connectivity index (χ2n) is 3.63. The molecule has 92 valence electrons. The number of ether oxygens (including phenoxy) is 1. The Morgan fingerprint density at radius 3 is 2.35 bits per heavy atom. The molecule has 0 saturated heterocycles. The molecular weight excluding hydrogens is 230 g/mol. The average molecular weight is 242 g/mol. The predicted molar refractivity (Wildman–Crippen MR) is 58.2 cm³/mol. The third-order valence-electron chi connectivity index (χ3n) is 2.02. The van der Waals surface area contributed by atoms with Crippen molar-refractivity contribution >= 4 is 5.97 Å². The van der Waals surface area contributed by atoms with E-state index in [1.54, 1.807) is 6.92 Å². The van der Waals surface area contributed by atoms with Crippen LogP contribution in [0.1, 0.15) is 23.7 Å². The van der Waals surface area contributed by atoms with Crippen LogP contribution in [0, 0.1) is 11.6 Å². The van der Waals surface area contributed by atoms with Gasteiger partial charge >= 0.3 is 5.97 Å². The van der Waals surface area contributed by atoms with E-state index < -0.39 is 28.9 Å². The quantitative estimate of drug-likeness (QED) is 0.807. The molecule has 0 radical (unpaired) electrons. The van der Waals surface area contributed by atoms with Gasteiger partial charge in [-0.15, -0.1) is 6.58 Å². The van der Waals surface area contributed by atoms with Crippen LogP contribution < -0.4 is 4.74 Å². The first-order valence-electron chi connectivity index (χ1n) is 4.91. The van der Waals surface area contributed by atoms with Crippen molar-refractivity contribution in [3.8, 4) is 5.75 Å². The van der Waals surface area contributed by atoms with Gasteiger partial charge in [0.25, 0.3) is 0 Å². The van der Waals surface area contributed by atoms with Gasteiger partial charge in [0.15, 0.2) is 17.4 Å². The number of carboxylic acid groups (broad SMARTS) is 1. The maximum absolute atomic E-state index is 13.3. The molecule has 0 amide bonds. The number of hydrogen-bond donors (Lipinski definition) is 1. The minimum absolute atomic E-state index is 0.0928. The molecule has 0 aliphatic rings. The van der Waals surface area contributed by atoms with Gasteiger partial charge < -0.3 is 9.84 Å². The van der Waals surface area contributed by atoms with Gasteiger partial charge in [-0.25, -0.2) is 13.6 Å². The third kappa shape index (κ3) is 3.55. The van der Waals surface area contributed by atoms with Gasteiger partial charge in [0.05, 0.1) is 12.2 Å². The Morgan fingerprint density at radius 1 is 1.41 bits per heavy atom. The van der Waals surface area contributed by atoms with Crippen LogP contribution in [0.4, 0.5) is 8.78 Å². The molecule has 1 N–H and O–H groups in total. The fourth-order valence-corrected chi connectivity index (χ4v) is 1.15. The predicted octanol–water partition coefficient (Wildman–Crippen LogP) is 3.01. The van der Waals surface area contributed by atoms with Crippen molar-refractivity contribution < 1.29 is 23.4 Å². The molecule has 1 rings (SSSR count). The van der Waals surface area contributed by atoms with Gasteiger partial charge in [0.2, 0.25) is 0 Å². The zero-order valence-electron chi connectivity index (χ0n) is 9.30. The van der Waals surface area contributed by atoms with Crippen LogP contribution >= 0.6 is 0 Å². The van der Waals surface area contributed by atoms with Crippen LogP contribution in [-0.2, 0) is 0 Å². The second-order valence-corrected chi connectivity index (χ2v) is 3.63. The topological polar surface area (TPSA) is 46.5 Å². The fraction of sp³-hybridized carbons (Fsp3) is 0.250. The Kier molecular flexibility index (Phi) is 4.20. The van der Waals surface area contributed by atoms with Crippen LogP contribution in [0.5, 0.6) is 5.75 Å². The van der Waals surface area contributed by atoms with E-state index in [2.05, 4.69) is 6.58 Å². The van der Waals surface area contributed by atoms with Crippen molar-refractivity contribution in [2.45, 2.75) is 13.3 Å². The van der Waals surface area contributed by atoms with Gasteiger partial charge in [-0.3, -0.25) is 0 Å². The van der Waals surface area contributed by atoms with Crippen LogP contribution in [0.3, 0.4) is 0 Å². The summed E-state index contributed by atoms with van der Waals surface area (Å²) in [7, 11) is 0. The monoisotopic (exact) mass is 242 g/mol. The molecule has 17 heavy (non-hydrogen) atoms. The maximum atomic E-state index is 13.3. The summed E-state index contributed by atoms with van der Waals surface area (Å²) in [5, 5.41) is 8.59. The lowest BCUT2D eigenvalue weighted by Crippen LogP contribution is -2.05. The van der Waals surface area contributed by atoms with Crippen LogP contribution in [-0.4, -0.2) is 17.7 Å². The molecule has 0 aliphatic carbocycles. The Bertz CT molecular complexity index is 432. The first-order chi connectivity index (χ1) is 7.91. The summed E-state index contributed by atoms with van der Waals surface area (Å²) in [6.45, 7) is 5.48. The van der Waals surface area contributed by atoms with Crippen molar-refractivity contribution in [3.05, 3.63) is 41.5 Å². The largest absolute Gasteiger partial charge is 0.487 e. The van der Waals surface area contributed by atoms with E-state index in [1.165, 1.54) is 0 Å². The summed E-state index contributed by atoms with van der Waals surface area (Å²) >= 11 is 0. The summed E-state index contributed by atoms with van der Waals surface area (Å²) in [5.74, 6) is -4.00. The van der Waals surface area contributed by atoms with Crippen LogP contribution in [0.25, 0.3) is 0 Å². The van der Waals surface area contributed by atoms with Gasteiger partial charge in [-0.2, -0.15) is 0 Å². The van der Waals surface area contributed by atoms with E-state index >= 15 is 0 Å². The normalized spacial score (nSPS) is 10.1. The molecule has 0 unspecified atom stereocenters. The standard InChI is InChI=1S/C12H12F2O3/c1-7(2)3-4-17-11-9(13)5-8(12(15)16)6-10(11)14/h5-6H,1,3-4H2,2H3,(H,15,16). The zero-order valence-corrected chi connectivity index (χ0v) is 9.30. The number of halogens is 2. The Balaban J connectivity index is 2.86. The van der Waals surface area contributed by atoms with E-state index in [9.17, 15) is 13.6 Å². The Morgan fingerprint density at radius 2 is 1.94 bits per heavy atom. The van der Waals surface area contributed by atoms with Crippen molar-refractivity contribution in [3.63, 3.8) is 0 Å². The van der Waals surface area contributed by atoms with Gasteiger partial charge in [-0.1, -0.05) is 5.57 Å². The highest BCUT2D eigenvalue weighted by Gasteiger charge is 2.15. The number of rotatable bonds is 5. The molecule has 0 saturated carbocycles. The van der Waals surface area contributed by atoms with E-state index in [0.717, 1.165) is 17.7 Å². The maximum Gasteiger partial charge on any atom is 0.335 e. The summed E-state index contributed by atoms with van der Waals surface area (Å²) in [4.78, 5) is 10.5. The average Bonchev–Trinajstić information content (AvgIpc) is 2.21.